The summed E-state index contributed by atoms with van der Waals surface area (Å²) in [5, 5.41) is 8.95. The van der Waals surface area contributed by atoms with E-state index in [1.165, 1.54) is 24.3 Å². The molecule has 1 aromatic carbocycles. The van der Waals surface area contributed by atoms with Crippen molar-refractivity contribution in [3.05, 3.63) is 75.6 Å². The Bertz CT molecular complexity index is 1390. The van der Waals surface area contributed by atoms with Gasteiger partial charge < -0.3 is 28.9 Å². The number of aryl methyl sites for hydroxylation is 1. The lowest BCUT2D eigenvalue weighted by Crippen LogP contribution is -2.47. The molecule has 1 atom stereocenters. The molecule has 0 spiro atoms. The smallest absolute Gasteiger partial charge is 0.437 e. The molecule has 36 heavy (non-hydrogen) atoms. The van der Waals surface area contributed by atoms with Crippen molar-refractivity contribution < 1.29 is 37.1 Å². The summed E-state index contributed by atoms with van der Waals surface area (Å²) >= 11 is 0. The van der Waals surface area contributed by atoms with Gasteiger partial charge in [0.25, 0.3) is 0 Å². The van der Waals surface area contributed by atoms with Gasteiger partial charge in [-0.25, -0.2) is 18.8 Å². The summed E-state index contributed by atoms with van der Waals surface area (Å²) in [6, 6.07) is 6.71. The molecule has 188 valence electrons. The minimum absolute atomic E-state index is 0.00389. The van der Waals surface area contributed by atoms with Crippen LogP contribution in [-0.4, -0.2) is 41.0 Å². The fraction of sp³-hybridized carbons (Fsp3) is 0.261. The highest BCUT2D eigenvalue weighted by Gasteiger charge is 2.36. The number of hydrogen-bond acceptors (Lipinski definition) is 9. The van der Waals surface area contributed by atoms with Crippen LogP contribution in [0.2, 0.25) is 0 Å². The van der Waals surface area contributed by atoms with Crippen LogP contribution in [0, 0.1) is 12.7 Å². The van der Waals surface area contributed by atoms with E-state index in [1.54, 1.807) is 26.0 Å². The fourth-order valence-corrected chi connectivity index (χ4v) is 3.44. The second kappa shape index (κ2) is 10.3. The number of furan rings is 1. The highest BCUT2D eigenvalue weighted by atomic mass is 19.1. The second-order valence-electron chi connectivity index (χ2n) is 7.59. The molecule has 2 amide bonds. The Hall–Kier alpha value is -4.68. The number of hydrogen-bond donors (Lipinski definition) is 2. The van der Waals surface area contributed by atoms with Crippen molar-refractivity contribution >= 4 is 18.0 Å². The molecule has 3 aromatic rings. The quantitative estimate of drug-likeness (QED) is 0.442. The van der Waals surface area contributed by atoms with E-state index in [0.29, 0.717) is 11.3 Å². The van der Waals surface area contributed by atoms with Crippen molar-refractivity contribution in [2.45, 2.75) is 26.4 Å². The number of esters is 2. The van der Waals surface area contributed by atoms with Gasteiger partial charge in [-0.3, -0.25) is 4.79 Å². The molecule has 1 unspecified atom stereocenters. The maximum absolute atomic E-state index is 13.1. The third-order valence-electron chi connectivity index (χ3n) is 5.05. The minimum atomic E-state index is -0.975. The van der Waals surface area contributed by atoms with E-state index in [-0.39, 0.29) is 29.5 Å². The molecule has 2 aromatic heterocycles. The van der Waals surface area contributed by atoms with Gasteiger partial charge in [-0.1, -0.05) is 0 Å². The van der Waals surface area contributed by atoms with E-state index in [2.05, 4.69) is 15.7 Å². The number of benzene rings is 1. The number of carbonyl (C=O) groups excluding carboxylic acids is 3. The molecule has 12 nitrogen and oxygen atoms in total. The van der Waals surface area contributed by atoms with Crippen molar-refractivity contribution in [2.75, 3.05) is 13.2 Å². The van der Waals surface area contributed by atoms with E-state index < -0.39 is 48.7 Å². The molecule has 0 saturated carbocycles. The van der Waals surface area contributed by atoms with Gasteiger partial charge in [0.2, 0.25) is 5.89 Å². The summed E-state index contributed by atoms with van der Waals surface area (Å²) in [6.07, 6.45) is 0. The van der Waals surface area contributed by atoms with Gasteiger partial charge in [-0.15, -0.1) is 5.10 Å². The van der Waals surface area contributed by atoms with Crippen LogP contribution in [0.4, 0.5) is 9.18 Å². The Labute approximate surface area is 202 Å². The summed E-state index contributed by atoms with van der Waals surface area (Å²) in [7, 11) is 0. The SMILES string of the molecule is CCOC(=O)C1=C(COC(=O)Cn2nc(-c3ccc(F)cc3)oc2=O)NC(=O)NC1c1ccc(C)o1. The molecule has 4 rings (SSSR count). The summed E-state index contributed by atoms with van der Waals surface area (Å²) < 4.78 is 34.7. The van der Waals surface area contributed by atoms with Gasteiger partial charge in [0.15, 0.2) is 0 Å². The molecule has 13 heteroatoms. The van der Waals surface area contributed by atoms with Crippen molar-refractivity contribution in [2.24, 2.45) is 0 Å². The van der Waals surface area contributed by atoms with E-state index >= 15 is 0 Å². The largest absolute Gasteiger partial charge is 0.464 e. The van der Waals surface area contributed by atoms with Crippen LogP contribution in [-0.2, 0) is 25.6 Å². The number of nitrogens with one attached hydrogen (secondary N) is 2. The average molecular weight is 500 g/mol. The summed E-state index contributed by atoms with van der Waals surface area (Å²) in [5.74, 6) is -2.31. The first-order chi connectivity index (χ1) is 17.2. The maximum atomic E-state index is 13.1. The number of aromatic nitrogens is 2. The number of halogens is 1. The normalized spacial score (nSPS) is 15.3. The van der Waals surface area contributed by atoms with Crippen LogP contribution in [0.25, 0.3) is 11.5 Å². The van der Waals surface area contributed by atoms with Crippen LogP contribution in [0.3, 0.4) is 0 Å². The van der Waals surface area contributed by atoms with Gasteiger partial charge in [-0.2, -0.15) is 4.68 Å². The maximum Gasteiger partial charge on any atom is 0.437 e. The second-order valence-corrected chi connectivity index (χ2v) is 7.59. The molecular weight excluding hydrogens is 479 g/mol. The Morgan fingerprint density at radius 2 is 1.86 bits per heavy atom. The number of carbonyl (C=O) groups is 3. The third kappa shape index (κ3) is 5.35. The lowest BCUT2D eigenvalue weighted by Gasteiger charge is -2.27. The van der Waals surface area contributed by atoms with Crippen molar-refractivity contribution in [3.63, 3.8) is 0 Å². The van der Waals surface area contributed by atoms with Crippen molar-refractivity contribution in [1.82, 2.24) is 20.4 Å². The Morgan fingerprint density at radius 1 is 1.11 bits per heavy atom. The molecule has 0 aliphatic carbocycles. The first kappa shape index (κ1) is 24.4. The summed E-state index contributed by atoms with van der Waals surface area (Å²) in [6.45, 7) is 2.27. The van der Waals surface area contributed by atoms with E-state index in [4.69, 9.17) is 18.3 Å². The van der Waals surface area contributed by atoms with Gasteiger partial charge in [0.1, 0.15) is 36.5 Å². The molecule has 3 heterocycles. The molecule has 0 bridgehead atoms. The number of amides is 2. The van der Waals surface area contributed by atoms with Crippen LogP contribution >= 0.6 is 0 Å². The zero-order valence-electron chi connectivity index (χ0n) is 19.2. The van der Waals surface area contributed by atoms with Gasteiger partial charge >= 0.3 is 23.7 Å². The zero-order valence-corrected chi connectivity index (χ0v) is 19.2. The first-order valence-corrected chi connectivity index (χ1v) is 10.8. The summed E-state index contributed by atoms with van der Waals surface area (Å²) in [4.78, 5) is 49.5. The van der Waals surface area contributed by atoms with Gasteiger partial charge in [0, 0.05) is 5.56 Å². The Morgan fingerprint density at radius 3 is 2.53 bits per heavy atom. The highest BCUT2D eigenvalue weighted by Crippen LogP contribution is 2.29. The topological polar surface area (TPSA) is 155 Å². The van der Waals surface area contributed by atoms with Crippen molar-refractivity contribution in [3.8, 4) is 11.5 Å². The lowest BCUT2D eigenvalue weighted by atomic mass is 10.0. The molecule has 0 fully saturated rings. The van der Waals surface area contributed by atoms with Gasteiger partial charge in [0.05, 0.1) is 17.9 Å². The average Bonchev–Trinajstić information content (AvgIpc) is 3.43. The molecular formula is C23H21FN4O8. The monoisotopic (exact) mass is 500 g/mol. The van der Waals surface area contributed by atoms with Crippen LogP contribution in [0.15, 0.2) is 61.3 Å². The fourth-order valence-electron chi connectivity index (χ4n) is 3.44. The zero-order chi connectivity index (χ0) is 25.8. The third-order valence-corrected chi connectivity index (χ3v) is 5.05. The van der Waals surface area contributed by atoms with Crippen LogP contribution < -0.4 is 16.4 Å². The first-order valence-electron chi connectivity index (χ1n) is 10.8. The molecule has 1 aliphatic rings. The van der Waals surface area contributed by atoms with E-state index in [9.17, 15) is 23.6 Å². The number of rotatable bonds is 8. The van der Waals surface area contributed by atoms with Gasteiger partial charge in [-0.05, 0) is 50.2 Å². The molecule has 0 saturated heterocycles. The van der Waals surface area contributed by atoms with Crippen molar-refractivity contribution in [1.29, 1.82) is 0 Å². The Kier molecular flexibility index (Phi) is 6.99. The van der Waals surface area contributed by atoms with E-state index in [1.807, 2.05) is 0 Å². The predicted molar refractivity (Wildman–Crippen MR) is 119 cm³/mol. The van der Waals surface area contributed by atoms with Crippen LogP contribution in [0.5, 0.6) is 0 Å². The molecule has 2 N–H and O–H groups in total. The minimum Gasteiger partial charge on any atom is -0.464 e. The lowest BCUT2D eigenvalue weighted by molar-refractivity contribution is -0.144. The summed E-state index contributed by atoms with van der Waals surface area (Å²) in [5.41, 5.74) is 0.321. The molecule has 0 radical (unpaired) electrons. The molecule has 1 aliphatic heterocycles. The van der Waals surface area contributed by atoms with E-state index in [0.717, 1.165) is 4.68 Å². The number of nitrogens with zero attached hydrogens (tertiary/aromatic N) is 2. The number of urea groups is 1. The highest BCUT2D eigenvalue weighted by molar-refractivity contribution is 5.95. The Balaban J connectivity index is 1.52. The van der Waals surface area contributed by atoms with Crippen LogP contribution in [0.1, 0.15) is 24.5 Å². The number of ether oxygens (including phenoxy) is 2. The predicted octanol–water partition coefficient (Wildman–Crippen LogP) is 1.96. The standard InChI is InChI=1S/C23H21FN4O8/c1-3-33-21(30)18-15(25-22(31)26-19(18)16-9-4-12(2)35-16)11-34-17(29)10-28-23(32)36-20(27-28)13-5-7-14(24)8-6-13/h4-9,19H,3,10-11H2,1-2H3,(H2,25,26,31).